The lowest BCUT2D eigenvalue weighted by molar-refractivity contribution is -0.123. The molecular formula is C10H20N2O2. The molecule has 0 aliphatic carbocycles. The maximum absolute atomic E-state index is 11.5. The minimum Gasteiger partial charge on any atom is -0.376 e. The fraction of sp³-hybridized carbons (Fsp3) is 0.900. The van der Waals surface area contributed by atoms with E-state index in [4.69, 9.17) is 10.5 Å². The van der Waals surface area contributed by atoms with Crippen LogP contribution in [0.2, 0.25) is 0 Å². The van der Waals surface area contributed by atoms with E-state index in [1.165, 1.54) is 0 Å². The van der Waals surface area contributed by atoms with Crippen molar-refractivity contribution in [1.82, 2.24) is 5.32 Å². The van der Waals surface area contributed by atoms with Gasteiger partial charge >= 0.3 is 0 Å². The van der Waals surface area contributed by atoms with E-state index < -0.39 is 0 Å². The third-order valence-corrected chi connectivity index (χ3v) is 2.82. The Hall–Kier alpha value is -0.610. The fourth-order valence-electron chi connectivity index (χ4n) is 1.66. The number of carbonyl (C=O) groups excluding carboxylic acids is 1. The van der Waals surface area contributed by atoms with Crippen molar-refractivity contribution >= 4 is 5.91 Å². The summed E-state index contributed by atoms with van der Waals surface area (Å²) in [6.07, 6.45) is 1.33. The van der Waals surface area contributed by atoms with Gasteiger partial charge in [-0.3, -0.25) is 4.79 Å². The lowest BCUT2D eigenvalue weighted by Gasteiger charge is -2.29. The highest BCUT2D eigenvalue weighted by Crippen LogP contribution is 2.24. The monoisotopic (exact) mass is 200 g/mol. The minimum absolute atomic E-state index is 0.0138. The first-order valence-electron chi connectivity index (χ1n) is 5.12. The van der Waals surface area contributed by atoms with Gasteiger partial charge in [-0.25, -0.2) is 0 Å². The Balaban J connectivity index is 2.46. The quantitative estimate of drug-likeness (QED) is 0.693. The maximum atomic E-state index is 11.5. The molecule has 1 amide bonds. The maximum Gasteiger partial charge on any atom is 0.222 e. The molecule has 0 aromatic rings. The average Bonchev–Trinajstić information content (AvgIpc) is 2.29. The Kier molecular flexibility index (Phi) is 3.50. The first-order valence-corrected chi connectivity index (χ1v) is 5.12. The molecule has 82 valence electrons. The van der Waals surface area contributed by atoms with Crippen LogP contribution >= 0.6 is 0 Å². The molecule has 0 radical (unpaired) electrons. The lowest BCUT2D eigenvalue weighted by Crippen LogP contribution is -2.51. The van der Waals surface area contributed by atoms with E-state index in [9.17, 15) is 4.79 Å². The summed E-state index contributed by atoms with van der Waals surface area (Å²) in [7, 11) is 0. The van der Waals surface area contributed by atoms with Crippen LogP contribution in [0.4, 0.5) is 0 Å². The molecule has 3 N–H and O–H groups in total. The molecule has 4 nitrogen and oxygen atoms in total. The smallest absolute Gasteiger partial charge is 0.222 e. The molecule has 1 aliphatic heterocycles. The number of nitrogens with two attached hydrogens (primary N) is 1. The van der Waals surface area contributed by atoms with Gasteiger partial charge in [-0.1, -0.05) is 0 Å². The Labute approximate surface area is 85.2 Å². The summed E-state index contributed by atoms with van der Waals surface area (Å²) in [4.78, 5) is 11.5. The van der Waals surface area contributed by atoms with Crippen molar-refractivity contribution in [3.8, 4) is 0 Å². The first kappa shape index (κ1) is 11.5. The number of carbonyl (C=O) groups is 1. The van der Waals surface area contributed by atoms with Crippen LogP contribution in [-0.2, 0) is 9.53 Å². The van der Waals surface area contributed by atoms with Crippen LogP contribution < -0.4 is 11.1 Å². The van der Waals surface area contributed by atoms with Gasteiger partial charge in [0.05, 0.1) is 11.6 Å². The van der Waals surface area contributed by atoms with Crippen LogP contribution in [-0.4, -0.2) is 30.2 Å². The zero-order valence-electron chi connectivity index (χ0n) is 9.17. The third-order valence-electron chi connectivity index (χ3n) is 2.82. The second kappa shape index (κ2) is 4.28. The van der Waals surface area contributed by atoms with Crippen LogP contribution in [0.5, 0.6) is 0 Å². The van der Waals surface area contributed by atoms with Gasteiger partial charge in [0.1, 0.15) is 0 Å². The number of nitrogens with one attached hydrogen (secondary N) is 1. The Morgan fingerprint density at radius 2 is 2.43 bits per heavy atom. The van der Waals surface area contributed by atoms with Crippen molar-refractivity contribution in [1.29, 1.82) is 0 Å². The molecule has 1 aliphatic rings. The minimum atomic E-state index is -0.216. The molecule has 4 heteroatoms. The second-order valence-electron chi connectivity index (χ2n) is 4.41. The second-order valence-corrected chi connectivity index (χ2v) is 4.41. The van der Waals surface area contributed by atoms with Crippen molar-refractivity contribution in [2.24, 2.45) is 5.73 Å². The van der Waals surface area contributed by atoms with Gasteiger partial charge in [-0.05, 0) is 27.2 Å². The molecule has 14 heavy (non-hydrogen) atoms. The van der Waals surface area contributed by atoms with Crippen molar-refractivity contribution in [3.63, 3.8) is 0 Å². The number of amides is 1. The Bertz CT molecular complexity index is 218. The van der Waals surface area contributed by atoms with Gasteiger partial charge in [-0.15, -0.1) is 0 Å². The summed E-state index contributed by atoms with van der Waals surface area (Å²) < 4.78 is 5.43. The van der Waals surface area contributed by atoms with E-state index in [0.717, 1.165) is 13.0 Å². The molecule has 1 fully saturated rings. The van der Waals surface area contributed by atoms with Crippen LogP contribution in [0.3, 0.4) is 0 Å². The molecule has 0 saturated carbocycles. The van der Waals surface area contributed by atoms with Crippen molar-refractivity contribution in [2.45, 2.75) is 51.3 Å². The number of hydrogen-bond acceptors (Lipinski definition) is 3. The highest BCUT2D eigenvalue weighted by atomic mass is 16.5. The van der Waals surface area contributed by atoms with Crippen molar-refractivity contribution < 1.29 is 9.53 Å². The molecule has 1 rings (SSSR count). The summed E-state index contributed by atoms with van der Waals surface area (Å²) in [6.45, 7) is 6.55. The van der Waals surface area contributed by atoms with Crippen LogP contribution in [0.15, 0.2) is 0 Å². The highest BCUT2D eigenvalue weighted by Gasteiger charge is 2.38. The first-order chi connectivity index (χ1) is 6.44. The lowest BCUT2D eigenvalue weighted by atomic mass is 9.94. The molecule has 0 bridgehead atoms. The highest BCUT2D eigenvalue weighted by molar-refractivity contribution is 5.77. The molecule has 0 aromatic heterocycles. The van der Waals surface area contributed by atoms with Gasteiger partial charge in [0, 0.05) is 19.1 Å². The van der Waals surface area contributed by atoms with Gasteiger partial charge in [0.25, 0.3) is 0 Å². The molecule has 3 unspecified atom stereocenters. The van der Waals surface area contributed by atoms with Crippen molar-refractivity contribution in [2.75, 3.05) is 6.61 Å². The van der Waals surface area contributed by atoms with Gasteiger partial charge in [-0.2, -0.15) is 0 Å². The van der Waals surface area contributed by atoms with Crippen LogP contribution in [0.1, 0.15) is 33.6 Å². The van der Waals surface area contributed by atoms with Gasteiger partial charge in [0.15, 0.2) is 0 Å². The summed E-state index contributed by atoms with van der Waals surface area (Å²) in [5.74, 6) is 0.0138. The Morgan fingerprint density at radius 3 is 2.86 bits per heavy atom. The summed E-state index contributed by atoms with van der Waals surface area (Å²) in [5, 5.41) is 2.99. The fourth-order valence-corrected chi connectivity index (χ4v) is 1.66. The van der Waals surface area contributed by atoms with E-state index in [1.807, 2.05) is 20.8 Å². The third kappa shape index (κ3) is 2.69. The molecule has 0 spiro atoms. The van der Waals surface area contributed by atoms with E-state index in [2.05, 4.69) is 5.32 Å². The van der Waals surface area contributed by atoms with E-state index in [1.54, 1.807) is 0 Å². The number of hydrogen-bond donors (Lipinski definition) is 2. The molecule has 0 aromatic carbocycles. The van der Waals surface area contributed by atoms with E-state index in [-0.39, 0.29) is 23.6 Å². The van der Waals surface area contributed by atoms with Crippen LogP contribution in [0, 0.1) is 0 Å². The van der Waals surface area contributed by atoms with Crippen LogP contribution in [0.25, 0.3) is 0 Å². The molecular weight excluding hydrogens is 180 g/mol. The number of ether oxygens (including phenoxy) is 1. The molecule has 3 atom stereocenters. The topological polar surface area (TPSA) is 64.4 Å². The van der Waals surface area contributed by atoms with Crippen molar-refractivity contribution in [3.05, 3.63) is 0 Å². The van der Waals surface area contributed by atoms with E-state index >= 15 is 0 Å². The number of rotatable bonds is 3. The Morgan fingerprint density at radius 1 is 1.79 bits per heavy atom. The largest absolute Gasteiger partial charge is 0.376 e. The predicted molar refractivity (Wildman–Crippen MR) is 54.8 cm³/mol. The average molecular weight is 200 g/mol. The molecule has 1 heterocycles. The SMILES string of the molecule is CC(N)CC(=O)NC1(C)CCOC1C. The summed E-state index contributed by atoms with van der Waals surface area (Å²) >= 11 is 0. The zero-order chi connectivity index (χ0) is 10.8. The van der Waals surface area contributed by atoms with Gasteiger partial charge in [0.2, 0.25) is 5.91 Å². The predicted octanol–water partition coefficient (Wildman–Crippen LogP) is 0.407. The normalized spacial score (nSPS) is 34.1. The van der Waals surface area contributed by atoms with Gasteiger partial charge < -0.3 is 15.8 Å². The summed E-state index contributed by atoms with van der Waals surface area (Å²) in [6, 6.07) is -0.0868. The van der Waals surface area contributed by atoms with E-state index in [0.29, 0.717) is 6.42 Å². The summed E-state index contributed by atoms with van der Waals surface area (Å²) in [5.41, 5.74) is 5.34. The molecule has 1 saturated heterocycles. The standard InChI is InChI=1S/C10H20N2O2/c1-7(11)6-9(13)12-10(3)4-5-14-8(10)2/h7-8H,4-6,11H2,1-3H3,(H,12,13). The zero-order valence-corrected chi connectivity index (χ0v) is 9.17.